The lowest BCUT2D eigenvalue weighted by Gasteiger charge is -2.38. The number of aromatic nitrogens is 2. The normalized spacial score (nSPS) is 16.0. The molecule has 12 nitrogen and oxygen atoms in total. The zero-order valence-electron chi connectivity index (χ0n) is 37.6. The van der Waals surface area contributed by atoms with Gasteiger partial charge in [-0.1, -0.05) is 72.8 Å². The molecule has 0 unspecified atom stereocenters. The van der Waals surface area contributed by atoms with Crippen LogP contribution in [0.2, 0.25) is 0 Å². The minimum atomic E-state index is -1.37. The van der Waals surface area contributed by atoms with Gasteiger partial charge >= 0.3 is 11.9 Å². The molecule has 0 atom stereocenters. The van der Waals surface area contributed by atoms with Crippen molar-refractivity contribution < 1.29 is 33.0 Å². The third-order valence-electron chi connectivity index (χ3n) is 13.5. The lowest BCUT2D eigenvalue weighted by atomic mass is 10.1. The first-order valence-corrected chi connectivity index (χ1v) is 23.2. The molecule has 2 saturated heterocycles. The van der Waals surface area contributed by atoms with E-state index in [4.69, 9.17) is 5.11 Å². The van der Waals surface area contributed by atoms with Crippen LogP contribution in [-0.2, 0) is 0 Å². The van der Waals surface area contributed by atoms with Crippen LogP contribution in [0.15, 0.2) is 131 Å². The third-order valence-corrected chi connectivity index (χ3v) is 13.5. The Labute approximate surface area is 394 Å². The van der Waals surface area contributed by atoms with Crippen molar-refractivity contribution in [3.63, 3.8) is 0 Å². The maximum Gasteiger partial charge on any atom is 0.341 e. The van der Waals surface area contributed by atoms with Gasteiger partial charge in [-0.15, -0.1) is 0 Å². The highest BCUT2D eigenvalue weighted by Gasteiger charge is 2.30. The van der Waals surface area contributed by atoms with Gasteiger partial charge in [0.1, 0.15) is 16.9 Å². The van der Waals surface area contributed by atoms with Crippen molar-refractivity contribution in [3.8, 4) is 0 Å². The molecule has 15 heteroatoms. The summed E-state index contributed by atoms with van der Waals surface area (Å²) in [5, 5.41) is 27.0. The molecule has 4 fully saturated rings. The first-order valence-electron chi connectivity index (χ1n) is 23.2. The first kappa shape index (κ1) is 45.1. The summed E-state index contributed by atoms with van der Waals surface area (Å²) < 4.78 is 45.2. The number of halogens is 3. The zero-order valence-corrected chi connectivity index (χ0v) is 37.6. The van der Waals surface area contributed by atoms with E-state index in [2.05, 4.69) is 87.9 Å². The second-order valence-electron chi connectivity index (χ2n) is 17.9. The average molecular weight is 935 g/mol. The van der Waals surface area contributed by atoms with Crippen LogP contribution in [0.4, 0.5) is 30.2 Å². The van der Waals surface area contributed by atoms with Gasteiger partial charge in [0.05, 0.1) is 16.7 Å². The Bertz CT molecular complexity index is 3420. The van der Waals surface area contributed by atoms with Gasteiger partial charge in [0, 0.05) is 116 Å². The van der Waals surface area contributed by atoms with Crippen LogP contribution in [0.5, 0.6) is 0 Å². The summed E-state index contributed by atoms with van der Waals surface area (Å²) in [5.74, 6) is -5.35. The Balaban J connectivity index is 0.000000133. The number of piperazine rings is 2. The number of nitrogens with zero attached hydrogens (tertiary/aromatic N) is 5. The molecular formula is C54H49F3N6O6. The lowest BCUT2D eigenvalue weighted by Crippen LogP contribution is -2.47. The minimum absolute atomic E-state index is 0.0473. The molecule has 2 aromatic heterocycles. The fraction of sp³-hybridized carbons (Fsp3) is 0.259. The molecule has 2 aliphatic heterocycles. The molecule has 4 aliphatic rings. The Morgan fingerprint density at radius 2 is 0.884 bits per heavy atom. The monoisotopic (exact) mass is 934 g/mol. The SMILES string of the molecule is O=C(O)c1cn(C2CC2)c2cc(F)c(F)cc2c1=O.O=C(O)c1cn(C2CC2)c2cc(N3CCN(c4cccc5ccccc45)CC3)c(F)cc2c1=O.c1ccc2c(N3CCNCC3)cccc2c1. The Morgan fingerprint density at radius 3 is 1.36 bits per heavy atom. The fourth-order valence-corrected chi connectivity index (χ4v) is 9.62. The second kappa shape index (κ2) is 18.8. The van der Waals surface area contributed by atoms with Gasteiger partial charge in [-0.05, 0) is 66.8 Å². The van der Waals surface area contributed by atoms with E-state index in [1.54, 1.807) is 10.6 Å². The third kappa shape index (κ3) is 9.09. The smallest absolute Gasteiger partial charge is 0.341 e. The van der Waals surface area contributed by atoms with E-state index in [0.717, 1.165) is 77.1 Å². The number of rotatable bonds is 7. The quantitative estimate of drug-likeness (QED) is 0.142. The number of carbonyl (C=O) groups is 2. The van der Waals surface area contributed by atoms with Crippen molar-refractivity contribution in [1.82, 2.24) is 14.5 Å². The van der Waals surface area contributed by atoms with Crippen molar-refractivity contribution in [2.45, 2.75) is 37.8 Å². The number of carboxylic acid groups (broad SMARTS) is 2. The maximum atomic E-state index is 15.2. The standard InChI is InChI=1S/C27H24FN3O3.C14H16N2.C13H9F2NO3/c28-22-14-20-24(31(18-8-9-18)16-21(26(20)32)27(33)34)15-25(22)30-12-10-29(11-13-30)23-7-3-5-17-4-1-2-6-19(17)23;1-2-6-13-12(4-1)5-3-7-14(13)16-10-8-15-9-11-16;14-9-3-7-11(4-10(9)15)16(6-1-2-6)5-8(12(7)17)13(18)19/h1-7,14-16,18H,8-13H2,(H,33,34);1-7,15H,8-11H2;3-6H,1-2H2,(H,18,19). The number of fused-ring (bicyclic) bond motifs is 4. The summed E-state index contributed by atoms with van der Waals surface area (Å²) in [6, 6.07) is 34.6. The largest absolute Gasteiger partial charge is 0.477 e. The molecule has 0 spiro atoms. The predicted octanol–water partition coefficient (Wildman–Crippen LogP) is 9.22. The maximum absolute atomic E-state index is 15.2. The Hall–Kier alpha value is -7.65. The summed E-state index contributed by atoms with van der Waals surface area (Å²) in [5.41, 5.74) is 1.69. The van der Waals surface area contributed by atoms with Crippen molar-refractivity contribution >= 4 is 72.4 Å². The molecule has 69 heavy (non-hydrogen) atoms. The fourth-order valence-electron chi connectivity index (χ4n) is 9.62. The van der Waals surface area contributed by atoms with Gasteiger partial charge in [-0.25, -0.2) is 22.8 Å². The van der Waals surface area contributed by atoms with Gasteiger partial charge < -0.3 is 39.4 Å². The molecule has 0 bridgehead atoms. The molecule has 0 radical (unpaired) electrons. The average Bonchev–Trinajstić information content (AvgIpc) is 4.32. The van der Waals surface area contributed by atoms with Gasteiger partial charge in [0.25, 0.3) is 0 Å². The number of hydrogen-bond donors (Lipinski definition) is 3. The number of pyridine rings is 2. The van der Waals surface area contributed by atoms with Crippen LogP contribution in [0.25, 0.3) is 43.4 Å². The summed E-state index contributed by atoms with van der Waals surface area (Å²) in [4.78, 5) is 54.1. The molecule has 2 saturated carbocycles. The van der Waals surface area contributed by atoms with Crippen LogP contribution in [0.1, 0.15) is 58.5 Å². The highest BCUT2D eigenvalue weighted by molar-refractivity contribution is 5.96. The van der Waals surface area contributed by atoms with E-state index in [1.807, 2.05) is 21.6 Å². The number of nitrogens with one attached hydrogen (secondary N) is 1. The number of benzene rings is 6. The summed E-state index contributed by atoms with van der Waals surface area (Å²) in [6.45, 7) is 7.17. The predicted molar refractivity (Wildman–Crippen MR) is 264 cm³/mol. The Morgan fingerprint density at radius 1 is 0.478 bits per heavy atom. The second-order valence-corrected chi connectivity index (χ2v) is 17.9. The van der Waals surface area contributed by atoms with Crippen LogP contribution >= 0.6 is 0 Å². The van der Waals surface area contributed by atoms with Crippen molar-refractivity contribution in [1.29, 1.82) is 0 Å². The van der Waals surface area contributed by atoms with Crippen molar-refractivity contribution in [2.75, 3.05) is 67.1 Å². The molecule has 8 aromatic rings. The number of anilines is 3. The van der Waals surface area contributed by atoms with Crippen molar-refractivity contribution in [2.24, 2.45) is 0 Å². The molecule has 0 amide bonds. The van der Waals surface area contributed by atoms with E-state index in [1.165, 1.54) is 51.4 Å². The Kier molecular flexibility index (Phi) is 12.3. The van der Waals surface area contributed by atoms with Crippen molar-refractivity contribution in [3.05, 3.63) is 171 Å². The van der Waals surface area contributed by atoms with E-state index in [0.29, 0.717) is 24.3 Å². The molecule has 4 heterocycles. The molecule has 3 N–H and O–H groups in total. The summed E-state index contributed by atoms with van der Waals surface area (Å²) in [7, 11) is 0. The van der Waals surface area contributed by atoms with E-state index in [-0.39, 0.29) is 33.9 Å². The van der Waals surface area contributed by atoms with Gasteiger partial charge in [0.15, 0.2) is 11.6 Å². The van der Waals surface area contributed by atoms with E-state index < -0.39 is 45.8 Å². The topological polar surface area (TPSA) is 140 Å². The highest BCUT2D eigenvalue weighted by Crippen LogP contribution is 2.39. The highest BCUT2D eigenvalue weighted by atomic mass is 19.2. The van der Waals surface area contributed by atoms with Crippen LogP contribution in [0, 0.1) is 17.5 Å². The van der Waals surface area contributed by atoms with Crippen LogP contribution in [0.3, 0.4) is 0 Å². The lowest BCUT2D eigenvalue weighted by molar-refractivity contribution is 0.0684. The number of hydrogen-bond acceptors (Lipinski definition) is 8. The first-order chi connectivity index (χ1) is 33.4. The zero-order chi connectivity index (χ0) is 47.9. The molecule has 2 aliphatic carbocycles. The van der Waals surface area contributed by atoms with Crippen LogP contribution < -0.4 is 30.9 Å². The number of aromatic carboxylic acids is 2. The summed E-state index contributed by atoms with van der Waals surface area (Å²) in [6.07, 6.45) is 6.14. The molecule has 6 aromatic carbocycles. The molecular weight excluding hydrogens is 886 g/mol. The van der Waals surface area contributed by atoms with Gasteiger partial charge in [0.2, 0.25) is 10.9 Å². The van der Waals surface area contributed by atoms with E-state index in [9.17, 15) is 33.1 Å². The van der Waals surface area contributed by atoms with E-state index >= 15 is 4.39 Å². The molecule has 352 valence electrons. The number of carboxylic acids is 2. The van der Waals surface area contributed by atoms with Gasteiger partial charge in [-0.3, -0.25) is 9.59 Å². The van der Waals surface area contributed by atoms with Gasteiger partial charge in [-0.2, -0.15) is 0 Å². The minimum Gasteiger partial charge on any atom is -0.477 e. The van der Waals surface area contributed by atoms with Crippen LogP contribution in [-0.4, -0.2) is 83.6 Å². The molecule has 12 rings (SSSR count). The summed E-state index contributed by atoms with van der Waals surface area (Å²) >= 11 is 0.